The van der Waals surface area contributed by atoms with Crippen LogP contribution in [0, 0.1) is 0 Å². The Morgan fingerprint density at radius 3 is 2.62 bits per heavy atom. The summed E-state index contributed by atoms with van der Waals surface area (Å²) in [6.07, 6.45) is 0.859. The first-order valence-corrected chi connectivity index (χ1v) is 8.12. The average molecular weight is 389 g/mol. The molecule has 2 rings (SSSR count). The van der Waals surface area contributed by atoms with E-state index in [9.17, 15) is 0 Å². The van der Waals surface area contributed by atoms with Gasteiger partial charge >= 0.3 is 0 Å². The Labute approximate surface area is 143 Å². The first-order valence-electron chi connectivity index (χ1n) is 6.57. The van der Waals surface area contributed by atoms with Gasteiger partial charge in [0.25, 0.3) is 0 Å². The normalized spacial score (nSPS) is 10.7. The van der Waals surface area contributed by atoms with Crippen molar-refractivity contribution in [3.63, 3.8) is 0 Å². The minimum absolute atomic E-state index is 0.664. The monoisotopic (exact) mass is 387 g/mol. The van der Waals surface area contributed by atoms with E-state index < -0.39 is 0 Å². The lowest BCUT2D eigenvalue weighted by Crippen LogP contribution is -2.17. The number of rotatable bonds is 6. The van der Waals surface area contributed by atoms with Crippen LogP contribution in [0.25, 0.3) is 0 Å². The minimum atomic E-state index is 0.664. The second kappa shape index (κ2) is 8.04. The summed E-state index contributed by atoms with van der Waals surface area (Å²) in [5.74, 6) is 0.857. The highest BCUT2D eigenvalue weighted by Gasteiger charge is 2.04. The van der Waals surface area contributed by atoms with Gasteiger partial charge in [-0.1, -0.05) is 45.2 Å². The first-order chi connectivity index (χ1) is 10.1. The third-order valence-corrected chi connectivity index (χ3v) is 4.52. The van der Waals surface area contributed by atoms with Gasteiger partial charge in [0.2, 0.25) is 0 Å². The molecule has 2 aromatic carbocycles. The molecule has 0 saturated carbocycles. The maximum Gasteiger partial charge on any atom is 0.119 e. The lowest BCUT2D eigenvalue weighted by molar-refractivity contribution is 0.414. The van der Waals surface area contributed by atoms with Crippen molar-refractivity contribution in [1.29, 1.82) is 0 Å². The molecule has 0 saturated heterocycles. The SMILES string of the molecule is COc1ccc(Br)c(CNCCc2ccc(Cl)cc2Cl)c1. The van der Waals surface area contributed by atoms with Gasteiger partial charge in [0.05, 0.1) is 7.11 Å². The number of halogens is 3. The van der Waals surface area contributed by atoms with Crippen LogP contribution in [-0.4, -0.2) is 13.7 Å². The van der Waals surface area contributed by atoms with Crippen LogP contribution in [0.4, 0.5) is 0 Å². The van der Waals surface area contributed by atoms with E-state index in [0.29, 0.717) is 10.0 Å². The molecule has 0 aliphatic heterocycles. The molecule has 0 heterocycles. The number of ether oxygens (including phenoxy) is 1. The van der Waals surface area contributed by atoms with Gasteiger partial charge in [-0.15, -0.1) is 0 Å². The quantitative estimate of drug-likeness (QED) is 0.695. The fourth-order valence-corrected chi connectivity index (χ4v) is 2.87. The molecule has 0 aliphatic carbocycles. The molecule has 1 N–H and O–H groups in total. The van der Waals surface area contributed by atoms with Crippen molar-refractivity contribution >= 4 is 39.1 Å². The largest absolute Gasteiger partial charge is 0.497 e. The molecule has 21 heavy (non-hydrogen) atoms. The standard InChI is InChI=1S/C16H16BrCl2NO/c1-21-14-4-5-15(17)12(8-14)10-20-7-6-11-2-3-13(18)9-16(11)19/h2-5,8-9,20H,6-7,10H2,1H3. The average Bonchev–Trinajstić information content (AvgIpc) is 2.47. The summed E-state index contributed by atoms with van der Waals surface area (Å²) in [7, 11) is 1.67. The molecule has 0 spiro atoms. The van der Waals surface area contributed by atoms with Gasteiger partial charge in [0.1, 0.15) is 5.75 Å². The van der Waals surface area contributed by atoms with Crippen molar-refractivity contribution in [3.05, 3.63) is 62.0 Å². The minimum Gasteiger partial charge on any atom is -0.497 e. The fourth-order valence-electron chi connectivity index (χ4n) is 1.98. The number of nitrogens with one attached hydrogen (secondary N) is 1. The first kappa shape index (κ1) is 16.6. The van der Waals surface area contributed by atoms with E-state index in [1.165, 1.54) is 0 Å². The van der Waals surface area contributed by atoms with E-state index in [0.717, 1.165) is 40.9 Å². The van der Waals surface area contributed by atoms with Crippen LogP contribution in [0.1, 0.15) is 11.1 Å². The summed E-state index contributed by atoms with van der Waals surface area (Å²) in [5, 5.41) is 4.79. The van der Waals surface area contributed by atoms with Crippen molar-refractivity contribution in [2.24, 2.45) is 0 Å². The molecule has 0 unspecified atom stereocenters. The smallest absolute Gasteiger partial charge is 0.119 e. The van der Waals surface area contributed by atoms with Gasteiger partial charge in [-0.2, -0.15) is 0 Å². The Hall–Kier alpha value is -0.740. The van der Waals surface area contributed by atoms with E-state index in [4.69, 9.17) is 27.9 Å². The molecule has 0 bridgehead atoms. The summed E-state index contributed by atoms with van der Waals surface area (Å²) in [5.41, 5.74) is 2.26. The van der Waals surface area contributed by atoms with E-state index >= 15 is 0 Å². The predicted molar refractivity (Wildman–Crippen MR) is 92.6 cm³/mol. The van der Waals surface area contributed by atoms with Crippen LogP contribution in [0.15, 0.2) is 40.9 Å². The fraction of sp³-hybridized carbons (Fsp3) is 0.250. The molecular weight excluding hydrogens is 373 g/mol. The molecule has 0 aromatic heterocycles. The molecule has 0 fully saturated rings. The summed E-state index contributed by atoms with van der Waals surface area (Å²) >= 11 is 15.6. The second-order valence-corrected chi connectivity index (χ2v) is 6.32. The van der Waals surface area contributed by atoms with Crippen molar-refractivity contribution in [3.8, 4) is 5.75 Å². The summed E-state index contributed by atoms with van der Waals surface area (Å²) in [6.45, 7) is 1.61. The van der Waals surface area contributed by atoms with Gasteiger partial charge in [-0.3, -0.25) is 0 Å². The summed E-state index contributed by atoms with van der Waals surface area (Å²) in [4.78, 5) is 0. The van der Waals surface area contributed by atoms with Crippen LogP contribution >= 0.6 is 39.1 Å². The number of hydrogen-bond donors (Lipinski definition) is 1. The second-order valence-electron chi connectivity index (χ2n) is 4.62. The zero-order chi connectivity index (χ0) is 15.2. The predicted octanol–water partition coefficient (Wildman–Crippen LogP) is 5.10. The topological polar surface area (TPSA) is 21.3 Å². The highest BCUT2D eigenvalue weighted by Crippen LogP contribution is 2.23. The lowest BCUT2D eigenvalue weighted by atomic mass is 10.1. The van der Waals surface area contributed by atoms with Gasteiger partial charge in [0, 0.05) is 21.1 Å². The maximum atomic E-state index is 6.15. The molecule has 0 aliphatic rings. The molecule has 0 atom stereocenters. The third-order valence-electron chi connectivity index (χ3n) is 3.15. The van der Waals surface area contributed by atoms with Crippen molar-refractivity contribution < 1.29 is 4.74 Å². The third kappa shape index (κ3) is 4.89. The molecular formula is C16H16BrCl2NO. The molecule has 0 amide bonds. The lowest BCUT2D eigenvalue weighted by Gasteiger charge is -2.10. The number of hydrogen-bond acceptors (Lipinski definition) is 2. The van der Waals surface area contributed by atoms with Crippen LogP contribution < -0.4 is 10.1 Å². The van der Waals surface area contributed by atoms with Crippen molar-refractivity contribution in [2.45, 2.75) is 13.0 Å². The van der Waals surface area contributed by atoms with E-state index in [1.54, 1.807) is 13.2 Å². The number of benzene rings is 2. The number of methoxy groups -OCH3 is 1. The van der Waals surface area contributed by atoms with Gasteiger partial charge in [-0.05, 0) is 54.4 Å². The molecule has 5 heteroatoms. The Morgan fingerprint density at radius 2 is 1.90 bits per heavy atom. The maximum absolute atomic E-state index is 6.15. The van der Waals surface area contributed by atoms with E-state index in [1.807, 2.05) is 30.3 Å². The Morgan fingerprint density at radius 1 is 1.10 bits per heavy atom. The highest BCUT2D eigenvalue weighted by atomic mass is 79.9. The molecule has 112 valence electrons. The van der Waals surface area contributed by atoms with Crippen LogP contribution in [-0.2, 0) is 13.0 Å². The Bertz CT molecular complexity index is 619. The van der Waals surface area contributed by atoms with E-state index in [-0.39, 0.29) is 0 Å². The summed E-state index contributed by atoms with van der Waals surface area (Å²) in [6, 6.07) is 11.5. The molecule has 0 radical (unpaired) electrons. The highest BCUT2D eigenvalue weighted by molar-refractivity contribution is 9.10. The van der Waals surface area contributed by atoms with E-state index in [2.05, 4.69) is 21.2 Å². The zero-order valence-electron chi connectivity index (χ0n) is 11.6. The molecule has 2 nitrogen and oxygen atoms in total. The van der Waals surface area contributed by atoms with Crippen LogP contribution in [0.3, 0.4) is 0 Å². The van der Waals surface area contributed by atoms with Gasteiger partial charge in [-0.25, -0.2) is 0 Å². The zero-order valence-corrected chi connectivity index (χ0v) is 14.7. The van der Waals surface area contributed by atoms with Crippen molar-refractivity contribution in [1.82, 2.24) is 5.32 Å². The van der Waals surface area contributed by atoms with Crippen LogP contribution in [0.2, 0.25) is 10.0 Å². The Balaban J connectivity index is 1.87. The summed E-state index contributed by atoms with van der Waals surface area (Å²) < 4.78 is 6.30. The van der Waals surface area contributed by atoms with Gasteiger partial charge in [0.15, 0.2) is 0 Å². The van der Waals surface area contributed by atoms with Crippen molar-refractivity contribution in [2.75, 3.05) is 13.7 Å². The molecule has 2 aromatic rings. The van der Waals surface area contributed by atoms with Gasteiger partial charge < -0.3 is 10.1 Å². The van der Waals surface area contributed by atoms with Crippen LogP contribution in [0.5, 0.6) is 5.75 Å². The Kier molecular flexibility index (Phi) is 6.37.